The van der Waals surface area contributed by atoms with E-state index in [0.717, 1.165) is 18.5 Å². The molecule has 0 bridgehead atoms. The van der Waals surface area contributed by atoms with Crippen molar-refractivity contribution in [3.63, 3.8) is 0 Å². The standard InChI is InChI=1S/C8H15NO2/c1-9-7(5-10)3-2-4-8(9)6-11/h3,8,10-11H,2,4-6H2,1H3. The summed E-state index contributed by atoms with van der Waals surface area (Å²) in [5.41, 5.74) is 0.926. The van der Waals surface area contributed by atoms with Gasteiger partial charge in [-0.2, -0.15) is 0 Å². The molecule has 3 nitrogen and oxygen atoms in total. The molecule has 1 aliphatic rings. The predicted molar refractivity (Wildman–Crippen MR) is 43.0 cm³/mol. The van der Waals surface area contributed by atoms with E-state index in [1.165, 1.54) is 0 Å². The Hall–Kier alpha value is -0.540. The molecule has 1 unspecified atom stereocenters. The first-order valence-electron chi connectivity index (χ1n) is 3.93. The van der Waals surface area contributed by atoms with Gasteiger partial charge in [0, 0.05) is 12.7 Å². The quantitative estimate of drug-likeness (QED) is 0.590. The molecular formula is C8H15NO2. The molecule has 0 aromatic rings. The van der Waals surface area contributed by atoms with Crippen LogP contribution in [-0.2, 0) is 0 Å². The Morgan fingerprint density at radius 1 is 1.64 bits per heavy atom. The Morgan fingerprint density at radius 2 is 2.36 bits per heavy atom. The molecule has 3 heteroatoms. The molecule has 1 heterocycles. The molecule has 0 aromatic heterocycles. The van der Waals surface area contributed by atoms with E-state index in [9.17, 15) is 0 Å². The maximum Gasteiger partial charge on any atom is 0.0826 e. The smallest absolute Gasteiger partial charge is 0.0826 e. The number of aliphatic hydroxyl groups is 2. The molecule has 0 saturated heterocycles. The van der Waals surface area contributed by atoms with Crippen molar-refractivity contribution in [1.82, 2.24) is 4.90 Å². The molecule has 0 aromatic carbocycles. The van der Waals surface area contributed by atoms with Gasteiger partial charge in [0.15, 0.2) is 0 Å². The molecule has 64 valence electrons. The Balaban J connectivity index is 2.60. The van der Waals surface area contributed by atoms with Crippen molar-refractivity contribution in [3.05, 3.63) is 11.8 Å². The fraction of sp³-hybridized carbons (Fsp3) is 0.750. The molecule has 0 amide bonds. The number of hydrogen-bond acceptors (Lipinski definition) is 3. The number of allylic oxidation sites excluding steroid dienone is 1. The van der Waals surface area contributed by atoms with Crippen LogP contribution in [-0.4, -0.2) is 41.4 Å². The second-order valence-corrected chi connectivity index (χ2v) is 2.88. The normalized spacial score (nSPS) is 25.2. The summed E-state index contributed by atoms with van der Waals surface area (Å²) in [5, 5.41) is 17.8. The lowest BCUT2D eigenvalue weighted by atomic mass is 10.1. The molecule has 0 fully saturated rings. The van der Waals surface area contributed by atoms with Gasteiger partial charge in [-0.1, -0.05) is 6.08 Å². The van der Waals surface area contributed by atoms with Crippen molar-refractivity contribution in [1.29, 1.82) is 0 Å². The first-order chi connectivity index (χ1) is 5.29. The third kappa shape index (κ3) is 1.73. The first-order valence-corrected chi connectivity index (χ1v) is 3.93. The van der Waals surface area contributed by atoms with Crippen LogP contribution in [0.25, 0.3) is 0 Å². The lowest BCUT2D eigenvalue weighted by molar-refractivity contribution is 0.142. The average Bonchev–Trinajstić information content (AvgIpc) is 2.05. The first kappa shape index (κ1) is 8.56. The van der Waals surface area contributed by atoms with E-state index in [0.29, 0.717) is 0 Å². The number of nitrogens with zero attached hydrogens (tertiary/aromatic N) is 1. The largest absolute Gasteiger partial charge is 0.394 e. The molecule has 0 aliphatic carbocycles. The van der Waals surface area contributed by atoms with Crippen molar-refractivity contribution < 1.29 is 10.2 Å². The van der Waals surface area contributed by atoms with Crippen LogP contribution in [0.4, 0.5) is 0 Å². The van der Waals surface area contributed by atoms with Gasteiger partial charge in [-0.3, -0.25) is 0 Å². The summed E-state index contributed by atoms with van der Waals surface area (Å²) in [4.78, 5) is 1.95. The van der Waals surface area contributed by atoms with E-state index in [4.69, 9.17) is 10.2 Å². The van der Waals surface area contributed by atoms with E-state index in [2.05, 4.69) is 0 Å². The number of hydrogen-bond donors (Lipinski definition) is 2. The minimum atomic E-state index is 0.0764. The topological polar surface area (TPSA) is 43.7 Å². The van der Waals surface area contributed by atoms with Crippen LogP contribution < -0.4 is 0 Å². The Labute approximate surface area is 66.9 Å². The lowest BCUT2D eigenvalue weighted by Gasteiger charge is -2.33. The zero-order valence-corrected chi connectivity index (χ0v) is 6.82. The molecule has 1 rings (SSSR count). The third-order valence-electron chi connectivity index (χ3n) is 2.25. The highest BCUT2D eigenvalue weighted by molar-refractivity contribution is 5.06. The minimum Gasteiger partial charge on any atom is -0.394 e. The molecule has 1 aliphatic heterocycles. The second kappa shape index (κ2) is 3.74. The fourth-order valence-electron chi connectivity index (χ4n) is 1.40. The van der Waals surface area contributed by atoms with Gasteiger partial charge in [-0.05, 0) is 12.8 Å². The summed E-state index contributed by atoms with van der Waals surface area (Å²) in [5.74, 6) is 0. The number of likely N-dealkylation sites (N-methyl/N-ethyl adjacent to an activating group) is 1. The lowest BCUT2D eigenvalue weighted by Crippen LogP contribution is -2.37. The van der Waals surface area contributed by atoms with Gasteiger partial charge < -0.3 is 15.1 Å². The van der Waals surface area contributed by atoms with Crippen molar-refractivity contribution in [2.24, 2.45) is 0 Å². The van der Waals surface area contributed by atoms with Crippen LogP contribution >= 0.6 is 0 Å². The number of aliphatic hydroxyl groups excluding tert-OH is 2. The highest BCUT2D eigenvalue weighted by Crippen LogP contribution is 2.17. The van der Waals surface area contributed by atoms with Crippen molar-refractivity contribution in [2.75, 3.05) is 20.3 Å². The highest BCUT2D eigenvalue weighted by Gasteiger charge is 2.18. The Kier molecular flexibility index (Phi) is 2.91. The van der Waals surface area contributed by atoms with Crippen LogP contribution in [0.2, 0.25) is 0 Å². The molecule has 0 spiro atoms. The maximum atomic E-state index is 8.92. The summed E-state index contributed by atoms with van der Waals surface area (Å²) in [6, 6.07) is 0.196. The van der Waals surface area contributed by atoms with Gasteiger partial charge >= 0.3 is 0 Å². The molecule has 2 N–H and O–H groups in total. The third-order valence-corrected chi connectivity index (χ3v) is 2.25. The van der Waals surface area contributed by atoms with Gasteiger partial charge in [-0.25, -0.2) is 0 Å². The molecule has 1 atom stereocenters. The molecular weight excluding hydrogens is 142 g/mol. The van der Waals surface area contributed by atoms with Crippen molar-refractivity contribution in [2.45, 2.75) is 18.9 Å². The average molecular weight is 157 g/mol. The van der Waals surface area contributed by atoms with E-state index in [-0.39, 0.29) is 19.3 Å². The summed E-state index contributed by atoms with van der Waals surface area (Å²) in [6.07, 6.45) is 3.97. The SMILES string of the molecule is CN1C(CO)=CCCC1CO. The van der Waals surface area contributed by atoms with Gasteiger partial charge in [0.25, 0.3) is 0 Å². The van der Waals surface area contributed by atoms with Crippen LogP contribution in [0.1, 0.15) is 12.8 Å². The monoisotopic (exact) mass is 157 g/mol. The fourth-order valence-corrected chi connectivity index (χ4v) is 1.40. The highest BCUT2D eigenvalue weighted by atomic mass is 16.3. The second-order valence-electron chi connectivity index (χ2n) is 2.88. The molecule has 0 saturated carbocycles. The van der Waals surface area contributed by atoms with Crippen LogP contribution in [0.5, 0.6) is 0 Å². The molecule has 0 radical (unpaired) electrons. The Morgan fingerprint density at radius 3 is 2.91 bits per heavy atom. The molecule has 11 heavy (non-hydrogen) atoms. The van der Waals surface area contributed by atoms with E-state index in [1.54, 1.807) is 0 Å². The number of rotatable bonds is 2. The zero-order chi connectivity index (χ0) is 8.27. The van der Waals surface area contributed by atoms with Crippen LogP contribution in [0.15, 0.2) is 11.8 Å². The van der Waals surface area contributed by atoms with Gasteiger partial charge in [0.05, 0.1) is 19.3 Å². The minimum absolute atomic E-state index is 0.0764. The van der Waals surface area contributed by atoms with Crippen LogP contribution in [0, 0.1) is 0 Å². The Bertz CT molecular complexity index is 156. The summed E-state index contributed by atoms with van der Waals surface area (Å²) in [6.45, 7) is 0.251. The van der Waals surface area contributed by atoms with Crippen molar-refractivity contribution >= 4 is 0 Å². The van der Waals surface area contributed by atoms with Gasteiger partial charge in [0.2, 0.25) is 0 Å². The van der Waals surface area contributed by atoms with Gasteiger partial charge in [-0.15, -0.1) is 0 Å². The maximum absolute atomic E-state index is 8.92. The van der Waals surface area contributed by atoms with Crippen molar-refractivity contribution in [3.8, 4) is 0 Å². The summed E-state index contributed by atoms with van der Waals surface area (Å²) >= 11 is 0. The van der Waals surface area contributed by atoms with E-state index in [1.807, 2.05) is 18.0 Å². The zero-order valence-electron chi connectivity index (χ0n) is 6.82. The summed E-state index contributed by atoms with van der Waals surface area (Å²) < 4.78 is 0. The summed E-state index contributed by atoms with van der Waals surface area (Å²) in [7, 11) is 1.90. The van der Waals surface area contributed by atoms with Gasteiger partial charge in [0.1, 0.15) is 0 Å². The van der Waals surface area contributed by atoms with Crippen LogP contribution in [0.3, 0.4) is 0 Å². The van der Waals surface area contributed by atoms with E-state index >= 15 is 0 Å². The predicted octanol–water partition coefficient (Wildman–Crippen LogP) is -0.0509. The van der Waals surface area contributed by atoms with E-state index < -0.39 is 0 Å².